The molecule has 1 amide bonds. The maximum absolute atomic E-state index is 11.8. The van der Waals surface area contributed by atoms with Crippen LogP contribution in [0.2, 0.25) is 0 Å². The SMILES string of the molecule is CC(O)(CO)CNC(=O)c1ccc2c(c1)OCO2. The molecule has 98 valence electrons. The number of rotatable bonds is 4. The molecule has 1 unspecified atom stereocenters. The second kappa shape index (κ2) is 4.83. The van der Waals surface area contributed by atoms with Crippen LogP contribution >= 0.6 is 0 Å². The third-order valence-electron chi connectivity index (χ3n) is 2.61. The molecule has 6 heteroatoms. The molecular formula is C12H15NO5. The molecule has 0 aromatic heterocycles. The molecule has 1 heterocycles. The van der Waals surface area contributed by atoms with Gasteiger partial charge >= 0.3 is 0 Å². The number of fused-ring (bicyclic) bond motifs is 1. The summed E-state index contributed by atoms with van der Waals surface area (Å²) in [6, 6.07) is 4.84. The second-order valence-corrected chi connectivity index (χ2v) is 4.41. The molecule has 6 nitrogen and oxygen atoms in total. The van der Waals surface area contributed by atoms with Crippen LogP contribution in [0.4, 0.5) is 0 Å². The number of aliphatic hydroxyl groups excluding tert-OH is 1. The Hall–Kier alpha value is -1.79. The average Bonchev–Trinajstić information content (AvgIpc) is 2.83. The minimum absolute atomic E-state index is 0.0310. The van der Waals surface area contributed by atoms with Crippen molar-refractivity contribution in [3.63, 3.8) is 0 Å². The van der Waals surface area contributed by atoms with Crippen LogP contribution in [0.5, 0.6) is 11.5 Å². The lowest BCUT2D eigenvalue weighted by molar-refractivity contribution is 0.00320. The van der Waals surface area contributed by atoms with Gasteiger partial charge in [0.15, 0.2) is 11.5 Å². The number of benzene rings is 1. The normalized spacial score (nSPS) is 16.2. The molecule has 1 aromatic rings. The lowest BCUT2D eigenvalue weighted by atomic mass is 10.1. The van der Waals surface area contributed by atoms with Gasteiger partial charge < -0.3 is 25.0 Å². The smallest absolute Gasteiger partial charge is 0.251 e. The quantitative estimate of drug-likeness (QED) is 0.696. The molecular weight excluding hydrogens is 238 g/mol. The first kappa shape index (κ1) is 12.7. The zero-order chi connectivity index (χ0) is 13.2. The Kier molecular flexibility index (Phi) is 3.40. The number of carbonyl (C=O) groups is 1. The summed E-state index contributed by atoms with van der Waals surface area (Å²) in [5.74, 6) is 0.785. The predicted octanol–water partition coefficient (Wildman–Crippen LogP) is -0.112. The molecule has 0 spiro atoms. The van der Waals surface area contributed by atoms with Gasteiger partial charge in [-0.1, -0.05) is 0 Å². The summed E-state index contributed by atoms with van der Waals surface area (Å²) in [5.41, 5.74) is -0.917. The molecule has 2 rings (SSSR count). The molecule has 1 atom stereocenters. The summed E-state index contributed by atoms with van der Waals surface area (Å²) in [4.78, 5) is 11.8. The number of hydrogen-bond donors (Lipinski definition) is 3. The molecule has 0 saturated heterocycles. The van der Waals surface area contributed by atoms with E-state index >= 15 is 0 Å². The third-order valence-corrected chi connectivity index (χ3v) is 2.61. The number of hydrogen-bond acceptors (Lipinski definition) is 5. The van der Waals surface area contributed by atoms with Crippen LogP contribution in [0.15, 0.2) is 18.2 Å². The number of amides is 1. The molecule has 0 bridgehead atoms. The highest BCUT2D eigenvalue weighted by Gasteiger charge is 2.21. The van der Waals surface area contributed by atoms with Crippen LogP contribution < -0.4 is 14.8 Å². The first-order valence-corrected chi connectivity index (χ1v) is 5.53. The van der Waals surface area contributed by atoms with Gasteiger partial charge in [-0.25, -0.2) is 0 Å². The maximum Gasteiger partial charge on any atom is 0.251 e. The molecule has 1 aliphatic rings. The molecule has 0 aliphatic carbocycles. The standard InChI is InChI=1S/C12H15NO5/c1-12(16,6-14)5-13-11(15)8-2-3-9-10(4-8)18-7-17-9/h2-4,14,16H,5-7H2,1H3,(H,13,15). The van der Waals surface area contributed by atoms with Crippen molar-refractivity contribution in [3.8, 4) is 11.5 Å². The Labute approximate surface area is 104 Å². The van der Waals surface area contributed by atoms with Gasteiger partial charge in [-0.3, -0.25) is 4.79 Å². The van der Waals surface area contributed by atoms with Gasteiger partial charge in [-0.05, 0) is 25.1 Å². The zero-order valence-electron chi connectivity index (χ0n) is 9.97. The monoisotopic (exact) mass is 253 g/mol. The van der Waals surface area contributed by atoms with E-state index < -0.39 is 12.2 Å². The maximum atomic E-state index is 11.8. The van der Waals surface area contributed by atoms with Gasteiger partial charge in [0.2, 0.25) is 6.79 Å². The van der Waals surface area contributed by atoms with Gasteiger partial charge in [0, 0.05) is 12.1 Å². The highest BCUT2D eigenvalue weighted by Crippen LogP contribution is 2.32. The number of aliphatic hydroxyl groups is 2. The highest BCUT2D eigenvalue weighted by atomic mass is 16.7. The van der Waals surface area contributed by atoms with Crippen LogP contribution in [0.25, 0.3) is 0 Å². The van der Waals surface area contributed by atoms with Crippen molar-refractivity contribution in [3.05, 3.63) is 23.8 Å². The Morgan fingerprint density at radius 2 is 2.17 bits per heavy atom. The summed E-state index contributed by atoms with van der Waals surface area (Å²) in [6.45, 7) is 1.14. The number of nitrogens with one attached hydrogen (secondary N) is 1. The van der Waals surface area contributed by atoms with Gasteiger partial charge in [0.1, 0.15) is 5.60 Å². The van der Waals surface area contributed by atoms with Crippen LogP contribution in [0.3, 0.4) is 0 Å². The Bertz CT molecular complexity index is 458. The summed E-state index contributed by atoms with van der Waals surface area (Å²) in [5, 5.41) is 21.0. The van der Waals surface area contributed by atoms with Crippen LogP contribution in [-0.4, -0.2) is 41.7 Å². The van der Waals surface area contributed by atoms with Crippen LogP contribution in [0.1, 0.15) is 17.3 Å². The fraction of sp³-hybridized carbons (Fsp3) is 0.417. The number of ether oxygens (including phenoxy) is 2. The van der Waals surface area contributed by atoms with Gasteiger partial charge in [0.05, 0.1) is 6.61 Å². The van der Waals surface area contributed by atoms with E-state index in [1.165, 1.54) is 6.92 Å². The van der Waals surface area contributed by atoms with Gasteiger partial charge in [0.25, 0.3) is 5.91 Å². The van der Waals surface area contributed by atoms with E-state index in [-0.39, 0.29) is 19.2 Å². The Morgan fingerprint density at radius 1 is 1.44 bits per heavy atom. The van der Waals surface area contributed by atoms with Crippen molar-refractivity contribution in [2.45, 2.75) is 12.5 Å². The zero-order valence-corrected chi connectivity index (χ0v) is 9.97. The fourth-order valence-corrected chi connectivity index (χ4v) is 1.47. The van der Waals surface area contributed by atoms with Crippen LogP contribution in [-0.2, 0) is 0 Å². The minimum Gasteiger partial charge on any atom is -0.454 e. The van der Waals surface area contributed by atoms with E-state index in [0.29, 0.717) is 17.1 Å². The van der Waals surface area contributed by atoms with E-state index in [0.717, 1.165) is 0 Å². The topological polar surface area (TPSA) is 88.0 Å². The van der Waals surface area contributed by atoms with E-state index in [1.54, 1.807) is 18.2 Å². The molecule has 3 N–H and O–H groups in total. The van der Waals surface area contributed by atoms with Gasteiger partial charge in [-0.15, -0.1) is 0 Å². The second-order valence-electron chi connectivity index (χ2n) is 4.41. The summed E-state index contributed by atoms with van der Waals surface area (Å²) in [6.07, 6.45) is 0. The van der Waals surface area contributed by atoms with Crippen LogP contribution in [0, 0.1) is 0 Å². The molecule has 1 aromatic carbocycles. The molecule has 0 radical (unpaired) electrons. The summed E-state index contributed by atoms with van der Waals surface area (Å²) < 4.78 is 10.3. The lowest BCUT2D eigenvalue weighted by Crippen LogP contribution is -2.43. The number of carbonyl (C=O) groups excluding carboxylic acids is 1. The van der Waals surface area contributed by atoms with E-state index in [4.69, 9.17) is 14.6 Å². The highest BCUT2D eigenvalue weighted by molar-refractivity contribution is 5.94. The van der Waals surface area contributed by atoms with E-state index in [1.807, 2.05) is 0 Å². The van der Waals surface area contributed by atoms with Crippen molar-refractivity contribution in [1.82, 2.24) is 5.32 Å². The molecule has 0 saturated carbocycles. The largest absolute Gasteiger partial charge is 0.454 e. The van der Waals surface area contributed by atoms with Crippen molar-refractivity contribution in [2.24, 2.45) is 0 Å². The van der Waals surface area contributed by atoms with Crippen molar-refractivity contribution in [2.75, 3.05) is 19.9 Å². The molecule has 1 aliphatic heterocycles. The average molecular weight is 253 g/mol. The van der Waals surface area contributed by atoms with Crippen molar-refractivity contribution >= 4 is 5.91 Å². The minimum atomic E-state index is -1.33. The van der Waals surface area contributed by atoms with E-state index in [9.17, 15) is 9.90 Å². The molecule has 0 fully saturated rings. The summed E-state index contributed by atoms with van der Waals surface area (Å²) in [7, 11) is 0. The lowest BCUT2D eigenvalue weighted by Gasteiger charge is -2.20. The third kappa shape index (κ3) is 2.72. The predicted molar refractivity (Wildman–Crippen MR) is 62.6 cm³/mol. The van der Waals surface area contributed by atoms with E-state index in [2.05, 4.69) is 5.32 Å². The van der Waals surface area contributed by atoms with Crippen molar-refractivity contribution < 1.29 is 24.5 Å². The van der Waals surface area contributed by atoms with Gasteiger partial charge in [-0.2, -0.15) is 0 Å². The molecule has 18 heavy (non-hydrogen) atoms. The Balaban J connectivity index is 2.01. The fourth-order valence-electron chi connectivity index (χ4n) is 1.47. The summed E-state index contributed by atoms with van der Waals surface area (Å²) >= 11 is 0. The first-order chi connectivity index (χ1) is 8.52. The Morgan fingerprint density at radius 3 is 2.89 bits per heavy atom. The van der Waals surface area contributed by atoms with Crippen molar-refractivity contribution in [1.29, 1.82) is 0 Å². The first-order valence-electron chi connectivity index (χ1n) is 5.53.